The third kappa shape index (κ3) is 2.70. The number of aromatic nitrogens is 2. The number of hydrogen-bond acceptors (Lipinski definition) is 4. The van der Waals surface area contributed by atoms with Gasteiger partial charge in [-0.3, -0.25) is 0 Å². The molecule has 4 nitrogen and oxygen atoms in total. The molecule has 2 aromatic carbocycles. The SMILES string of the molecule is COc1ccc(Cl)cc1-c1noc(C2CC2c2ccccc2)n1. The van der Waals surface area contributed by atoms with Crippen molar-refractivity contribution in [2.75, 3.05) is 7.11 Å². The van der Waals surface area contributed by atoms with Gasteiger partial charge >= 0.3 is 0 Å². The fourth-order valence-corrected chi connectivity index (χ4v) is 3.06. The summed E-state index contributed by atoms with van der Waals surface area (Å²) in [5.74, 6) is 2.63. The second-order valence-electron chi connectivity index (χ2n) is 5.66. The predicted octanol–water partition coefficient (Wildman–Crippen LogP) is 4.67. The lowest BCUT2D eigenvalue weighted by atomic mass is 10.1. The van der Waals surface area contributed by atoms with Crippen molar-refractivity contribution < 1.29 is 9.26 Å². The maximum atomic E-state index is 6.07. The molecule has 0 saturated heterocycles. The van der Waals surface area contributed by atoms with Gasteiger partial charge in [-0.05, 0) is 36.1 Å². The van der Waals surface area contributed by atoms with Crippen molar-refractivity contribution in [2.24, 2.45) is 0 Å². The Morgan fingerprint density at radius 1 is 1.13 bits per heavy atom. The third-order valence-corrected chi connectivity index (χ3v) is 4.41. The van der Waals surface area contributed by atoms with E-state index in [1.807, 2.05) is 6.07 Å². The summed E-state index contributed by atoms with van der Waals surface area (Å²) in [6.07, 6.45) is 1.04. The number of halogens is 1. The summed E-state index contributed by atoms with van der Waals surface area (Å²) >= 11 is 6.07. The van der Waals surface area contributed by atoms with Crippen molar-refractivity contribution in [1.82, 2.24) is 10.1 Å². The average Bonchev–Trinajstić information content (AvgIpc) is 3.24. The Hall–Kier alpha value is -2.33. The van der Waals surface area contributed by atoms with Gasteiger partial charge < -0.3 is 9.26 Å². The van der Waals surface area contributed by atoms with Crippen LogP contribution in [0.25, 0.3) is 11.4 Å². The highest BCUT2D eigenvalue weighted by Crippen LogP contribution is 2.54. The molecule has 116 valence electrons. The third-order valence-electron chi connectivity index (χ3n) is 4.18. The molecule has 1 aliphatic rings. The van der Waals surface area contributed by atoms with E-state index in [0.717, 1.165) is 12.0 Å². The van der Waals surface area contributed by atoms with Crippen LogP contribution in [-0.4, -0.2) is 17.3 Å². The zero-order valence-corrected chi connectivity index (χ0v) is 13.3. The lowest BCUT2D eigenvalue weighted by Crippen LogP contribution is -1.90. The summed E-state index contributed by atoms with van der Waals surface area (Å²) in [7, 11) is 1.61. The van der Waals surface area contributed by atoms with Crippen LogP contribution >= 0.6 is 11.6 Å². The van der Waals surface area contributed by atoms with Crippen LogP contribution in [0.1, 0.15) is 29.7 Å². The zero-order valence-electron chi connectivity index (χ0n) is 12.6. The molecular weight excluding hydrogens is 312 g/mol. The maximum absolute atomic E-state index is 6.07. The number of nitrogens with zero attached hydrogens (tertiary/aromatic N) is 2. The molecule has 0 amide bonds. The van der Waals surface area contributed by atoms with Gasteiger partial charge in [0.2, 0.25) is 11.7 Å². The fourth-order valence-electron chi connectivity index (χ4n) is 2.89. The summed E-state index contributed by atoms with van der Waals surface area (Å²) in [5.41, 5.74) is 2.06. The van der Waals surface area contributed by atoms with Crippen molar-refractivity contribution in [1.29, 1.82) is 0 Å². The highest BCUT2D eigenvalue weighted by molar-refractivity contribution is 6.30. The van der Waals surface area contributed by atoms with Crippen LogP contribution in [-0.2, 0) is 0 Å². The Balaban J connectivity index is 1.60. The minimum atomic E-state index is 0.295. The first-order valence-corrected chi connectivity index (χ1v) is 7.86. The summed E-state index contributed by atoms with van der Waals surface area (Å²) < 4.78 is 10.8. The van der Waals surface area contributed by atoms with E-state index < -0.39 is 0 Å². The van der Waals surface area contributed by atoms with Crippen molar-refractivity contribution in [3.8, 4) is 17.1 Å². The molecule has 1 fully saturated rings. The average molecular weight is 327 g/mol. The largest absolute Gasteiger partial charge is 0.496 e. The van der Waals surface area contributed by atoms with Gasteiger partial charge in [0.1, 0.15) is 5.75 Å². The minimum absolute atomic E-state index is 0.295. The summed E-state index contributed by atoms with van der Waals surface area (Å²) in [6.45, 7) is 0. The molecule has 2 atom stereocenters. The molecule has 0 spiro atoms. The second kappa shape index (κ2) is 5.70. The zero-order chi connectivity index (χ0) is 15.8. The highest BCUT2D eigenvalue weighted by Gasteiger charge is 2.43. The number of methoxy groups -OCH3 is 1. The van der Waals surface area contributed by atoms with E-state index in [1.54, 1.807) is 25.3 Å². The van der Waals surface area contributed by atoms with Crippen molar-refractivity contribution >= 4 is 11.6 Å². The van der Waals surface area contributed by atoms with E-state index in [2.05, 4.69) is 34.4 Å². The van der Waals surface area contributed by atoms with E-state index in [-0.39, 0.29) is 0 Å². The first-order valence-electron chi connectivity index (χ1n) is 7.48. The minimum Gasteiger partial charge on any atom is -0.496 e. The van der Waals surface area contributed by atoms with Crippen molar-refractivity contribution in [3.63, 3.8) is 0 Å². The number of benzene rings is 2. The van der Waals surface area contributed by atoms with Crippen LogP contribution in [0.4, 0.5) is 0 Å². The van der Waals surface area contributed by atoms with E-state index in [1.165, 1.54) is 5.56 Å². The highest BCUT2D eigenvalue weighted by atomic mass is 35.5. The summed E-state index contributed by atoms with van der Waals surface area (Å²) in [6, 6.07) is 15.8. The monoisotopic (exact) mass is 326 g/mol. The molecule has 1 heterocycles. The first-order chi connectivity index (χ1) is 11.3. The fraction of sp³-hybridized carbons (Fsp3) is 0.222. The lowest BCUT2D eigenvalue weighted by molar-refractivity contribution is 0.378. The normalized spacial score (nSPS) is 19.6. The number of ether oxygens (including phenoxy) is 1. The summed E-state index contributed by atoms with van der Waals surface area (Å²) in [4.78, 5) is 4.55. The molecule has 1 aliphatic carbocycles. The van der Waals surface area contributed by atoms with Gasteiger partial charge in [-0.25, -0.2) is 0 Å². The first kappa shape index (κ1) is 14.3. The predicted molar refractivity (Wildman–Crippen MR) is 87.8 cm³/mol. The van der Waals surface area contributed by atoms with Crippen LogP contribution in [0.2, 0.25) is 5.02 Å². The van der Waals surface area contributed by atoms with Gasteiger partial charge in [0.25, 0.3) is 0 Å². The van der Waals surface area contributed by atoms with Crippen LogP contribution in [0, 0.1) is 0 Å². The number of hydrogen-bond donors (Lipinski definition) is 0. The maximum Gasteiger partial charge on any atom is 0.230 e. The Labute approximate surface area is 139 Å². The Bertz CT molecular complexity index is 832. The van der Waals surface area contributed by atoms with Crippen molar-refractivity contribution in [2.45, 2.75) is 18.3 Å². The quantitative estimate of drug-likeness (QED) is 0.699. The lowest BCUT2D eigenvalue weighted by Gasteiger charge is -2.04. The van der Waals surface area contributed by atoms with Gasteiger partial charge in [-0.15, -0.1) is 0 Å². The molecule has 23 heavy (non-hydrogen) atoms. The van der Waals surface area contributed by atoms with Crippen LogP contribution in [0.15, 0.2) is 53.1 Å². The molecule has 0 N–H and O–H groups in total. The molecule has 0 bridgehead atoms. The van der Waals surface area contributed by atoms with E-state index in [9.17, 15) is 0 Å². The Kier molecular flexibility index (Phi) is 3.54. The molecule has 5 heteroatoms. The van der Waals surface area contributed by atoms with E-state index in [4.69, 9.17) is 20.9 Å². The molecular formula is C18H15ClN2O2. The Morgan fingerprint density at radius 3 is 2.74 bits per heavy atom. The van der Waals surface area contributed by atoms with Gasteiger partial charge in [0.15, 0.2) is 0 Å². The van der Waals surface area contributed by atoms with E-state index in [0.29, 0.717) is 34.3 Å². The summed E-state index contributed by atoms with van der Waals surface area (Å²) in [5, 5.41) is 4.71. The molecule has 0 aliphatic heterocycles. The molecule has 1 saturated carbocycles. The van der Waals surface area contributed by atoms with Crippen LogP contribution < -0.4 is 4.74 Å². The molecule has 0 radical (unpaired) electrons. The second-order valence-corrected chi connectivity index (χ2v) is 6.10. The number of rotatable bonds is 4. The smallest absolute Gasteiger partial charge is 0.230 e. The van der Waals surface area contributed by atoms with Gasteiger partial charge in [0.05, 0.1) is 12.7 Å². The van der Waals surface area contributed by atoms with Crippen LogP contribution in [0.5, 0.6) is 5.75 Å². The van der Waals surface area contributed by atoms with Crippen LogP contribution in [0.3, 0.4) is 0 Å². The topological polar surface area (TPSA) is 48.2 Å². The molecule has 2 unspecified atom stereocenters. The van der Waals surface area contributed by atoms with E-state index >= 15 is 0 Å². The molecule has 1 aromatic heterocycles. The van der Waals surface area contributed by atoms with Gasteiger partial charge in [-0.2, -0.15) is 4.98 Å². The van der Waals surface area contributed by atoms with Crippen molar-refractivity contribution in [3.05, 3.63) is 65.0 Å². The Morgan fingerprint density at radius 2 is 1.96 bits per heavy atom. The van der Waals surface area contributed by atoms with Gasteiger partial charge in [0, 0.05) is 10.9 Å². The molecule has 4 rings (SSSR count). The standard InChI is InChI=1S/C18H15ClN2O2/c1-22-16-8-7-12(19)9-15(16)17-20-18(23-21-17)14-10-13(14)11-5-3-2-4-6-11/h2-9,13-14H,10H2,1H3. The molecule has 3 aromatic rings. The van der Waals surface area contributed by atoms with Gasteiger partial charge in [-0.1, -0.05) is 47.1 Å².